The number of rotatable bonds is 6. The number of hydrogen-bond donors (Lipinski definition) is 1. The van der Waals surface area contributed by atoms with Crippen LogP contribution in [0.15, 0.2) is 53.4 Å². The van der Waals surface area contributed by atoms with Crippen LogP contribution in [0, 0.1) is 0 Å². The molecular formula is C21H27NO2S. The van der Waals surface area contributed by atoms with Crippen molar-refractivity contribution in [2.75, 3.05) is 11.1 Å². The topological polar surface area (TPSA) is 38.3 Å². The Morgan fingerprint density at radius 2 is 1.76 bits per heavy atom. The van der Waals surface area contributed by atoms with Crippen molar-refractivity contribution in [1.29, 1.82) is 0 Å². The Kier molecular flexibility index (Phi) is 6.54. The minimum Gasteiger partial charge on any atom is -0.481 e. The molecule has 4 heteroatoms. The number of carbonyl (C=O) groups excluding carboxylic acids is 1. The molecule has 0 bridgehead atoms. The maximum atomic E-state index is 12.5. The molecule has 134 valence electrons. The van der Waals surface area contributed by atoms with Gasteiger partial charge in [0.25, 0.3) is 5.91 Å². The molecule has 0 heterocycles. The first kappa shape index (κ1) is 19.4. The first-order chi connectivity index (χ1) is 11.8. The lowest BCUT2D eigenvalue weighted by atomic mass is 9.87. The van der Waals surface area contributed by atoms with E-state index in [4.69, 9.17) is 4.74 Å². The fourth-order valence-corrected chi connectivity index (χ4v) is 3.14. The second-order valence-corrected chi connectivity index (χ2v) is 8.26. The molecule has 0 unspecified atom stereocenters. The summed E-state index contributed by atoms with van der Waals surface area (Å²) in [5.74, 6) is 1.51. The van der Waals surface area contributed by atoms with Crippen molar-refractivity contribution in [2.45, 2.75) is 51.0 Å². The van der Waals surface area contributed by atoms with E-state index < -0.39 is 6.10 Å². The van der Waals surface area contributed by atoms with Crippen LogP contribution in [0.4, 0.5) is 5.69 Å². The molecule has 0 spiro atoms. The highest BCUT2D eigenvalue weighted by Crippen LogP contribution is 2.27. The molecule has 0 radical (unpaired) electrons. The molecule has 0 aliphatic rings. The normalized spacial score (nSPS) is 12.5. The monoisotopic (exact) mass is 357 g/mol. The molecule has 2 aromatic carbocycles. The average molecular weight is 358 g/mol. The van der Waals surface area contributed by atoms with Crippen LogP contribution in [0.25, 0.3) is 0 Å². The second-order valence-electron chi connectivity index (χ2n) is 6.95. The molecule has 3 nitrogen and oxygen atoms in total. The highest BCUT2D eigenvalue weighted by molar-refractivity contribution is 7.99. The molecule has 0 saturated heterocycles. The zero-order chi connectivity index (χ0) is 18.4. The summed E-state index contributed by atoms with van der Waals surface area (Å²) < 4.78 is 5.80. The molecule has 0 aliphatic heterocycles. The molecule has 0 aromatic heterocycles. The Labute approximate surface area is 155 Å². The van der Waals surface area contributed by atoms with Crippen molar-refractivity contribution in [2.24, 2.45) is 0 Å². The maximum Gasteiger partial charge on any atom is 0.265 e. The molecule has 1 atom stereocenters. The maximum absolute atomic E-state index is 12.5. The molecule has 0 fully saturated rings. The third-order valence-corrected chi connectivity index (χ3v) is 4.80. The standard InChI is InChI=1S/C21H27NO2S/c1-6-25-19-10-8-7-9-18(19)22-20(23)15(2)24-17-13-11-16(12-14-17)21(3,4)5/h7-15H,6H2,1-5H3,(H,22,23)/t15-/m1/s1. The van der Waals surface area contributed by atoms with Gasteiger partial charge < -0.3 is 10.1 Å². The first-order valence-corrected chi connectivity index (χ1v) is 9.59. The number of hydrogen-bond acceptors (Lipinski definition) is 3. The third-order valence-electron chi connectivity index (χ3n) is 3.85. The van der Waals surface area contributed by atoms with Crippen LogP contribution < -0.4 is 10.1 Å². The number of amides is 1. The molecule has 25 heavy (non-hydrogen) atoms. The van der Waals surface area contributed by atoms with Gasteiger partial charge in [0.05, 0.1) is 5.69 Å². The Balaban J connectivity index is 2.01. The summed E-state index contributed by atoms with van der Waals surface area (Å²) in [6.45, 7) is 10.4. The van der Waals surface area contributed by atoms with Gasteiger partial charge in [-0.1, -0.05) is 52.0 Å². The van der Waals surface area contributed by atoms with Gasteiger partial charge in [-0.05, 0) is 47.9 Å². The number of anilines is 1. The SMILES string of the molecule is CCSc1ccccc1NC(=O)[C@@H](C)Oc1ccc(C(C)(C)C)cc1. The molecule has 0 saturated carbocycles. The number of thioether (sulfide) groups is 1. The van der Waals surface area contributed by atoms with E-state index in [1.807, 2.05) is 48.5 Å². The summed E-state index contributed by atoms with van der Waals surface area (Å²) in [5, 5.41) is 2.97. The number of nitrogens with one attached hydrogen (secondary N) is 1. The van der Waals surface area contributed by atoms with Crippen LogP contribution in [0.2, 0.25) is 0 Å². The van der Waals surface area contributed by atoms with Crippen molar-refractivity contribution in [3.8, 4) is 5.75 Å². The Morgan fingerprint density at radius 3 is 2.36 bits per heavy atom. The van der Waals surface area contributed by atoms with Gasteiger partial charge in [0, 0.05) is 4.90 Å². The molecule has 1 amide bonds. The summed E-state index contributed by atoms with van der Waals surface area (Å²) in [5.41, 5.74) is 2.17. The lowest BCUT2D eigenvalue weighted by molar-refractivity contribution is -0.122. The van der Waals surface area contributed by atoms with E-state index in [1.165, 1.54) is 5.56 Å². The van der Waals surface area contributed by atoms with E-state index >= 15 is 0 Å². The minimum atomic E-state index is -0.569. The second kappa shape index (κ2) is 8.43. The summed E-state index contributed by atoms with van der Waals surface area (Å²) in [6.07, 6.45) is -0.569. The van der Waals surface area contributed by atoms with Crippen LogP contribution in [-0.2, 0) is 10.2 Å². The van der Waals surface area contributed by atoms with Crippen molar-refractivity contribution in [3.63, 3.8) is 0 Å². The molecule has 2 aromatic rings. The van der Waals surface area contributed by atoms with E-state index in [-0.39, 0.29) is 11.3 Å². The number of para-hydroxylation sites is 1. The highest BCUT2D eigenvalue weighted by atomic mass is 32.2. The minimum absolute atomic E-state index is 0.0994. The molecule has 0 aliphatic carbocycles. The van der Waals surface area contributed by atoms with E-state index in [0.29, 0.717) is 5.75 Å². The fraction of sp³-hybridized carbons (Fsp3) is 0.381. The molecule has 2 rings (SSSR count). The van der Waals surface area contributed by atoms with E-state index in [1.54, 1.807) is 18.7 Å². The predicted molar refractivity (Wildman–Crippen MR) is 107 cm³/mol. The quantitative estimate of drug-likeness (QED) is 0.694. The van der Waals surface area contributed by atoms with Gasteiger partial charge in [-0.15, -0.1) is 11.8 Å². The Hall–Kier alpha value is -1.94. The predicted octanol–water partition coefficient (Wildman–Crippen LogP) is 5.50. The lowest BCUT2D eigenvalue weighted by Crippen LogP contribution is -2.30. The van der Waals surface area contributed by atoms with Gasteiger partial charge in [0.2, 0.25) is 0 Å². The largest absolute Gasteiger partial charge is 0.481 e. The summed E-state index contributed by atoms with van der Waals surface area (Å²) in [4.78, 5) is 13.5. The van der Waals surface area contributed by atoms with Crippen molar-refractivity contribution < 1.29 is 9.53 Å². The highest BCUT2D eigenvalue weighted by Gasteiger charge is 2.17. The van der Waals surface area contributed by atoms with Crippen molar-refractivity contribution in [1.82, 2.24) is 0 Å². The third kappa shape index (κ3) is 5.53. The zero-order valence-corrected chi connectivity index (χ0v) is 16.4. The van der Waals surface area contributed by atoms with Crippen LogP contribution in [0.3, 0.4) is 0 Å². The number of benzene rings is 2. The van der Waals surface area contributed by atoms with Gasteiger partial charge in [-0.2, -0.15) is 0 Å². The summed E-state index contributed by atoms with van der Waals surface area (Å²) in [7, 11) is 0. The Bertz CT molecular complexity index is 705. The van der Waals surface area contributed by atoms with Crippen molar-refractivity contribution in [3.05, 3.63) is 54.1 Å². The smallest absolute Gasteiger partial charge is 0.265 e. The van der Waals surface area contributed by atoms with Gasteiger partial charge in [-0.25, -0.2) is 0 Å². The van der Waals surface area contributed by atoms with Crippen LogP contribution in [0.5, 0.6) is 5.75 Å². The van der Waals surface area contributed by atoms with Gasteiger partial charge in [0.15, 0.2) is 6.10 Å². The van der Waals surface area contributed by atoms with Gasteiger partial charge >= 0.3 is 0 Å². The van der Waals surface area contributed by atoms with Crippen LogP contribution in [-0.4, -0.2) is 17.8 Å². The van der Waals surface area contributed by atoms with Crippen LogP contribution in [0.1, 0.15) is 40.2 Å². The molecular weight excluding hydrogens is 330 g/mol. The number of carbonyl (C=O) groups is 1. The van der Waals surface area contributed by atoms with Crippen molar-refractivity contribution >= 4 is 23.4 Å². The van der Waals surface area contributed by atoms with E-state index in [2.05, 4.69) is 33.0 Å². The number of ether oxygens (including phenoxy) is 1. The van der Waals surface area contributed by atoms with Gasteiger partial charge in [0.1, 0.15) is 5.75 Å². The molecule has 1 N–H and O–H groups in total. The summed E-state index contributed by atoms with van der Waals surface area (Å²) >= 11 is 1.71. The van der Waals surface area contributed by atoms with Gasteiger partial charge in [-0.3, -0.25) is 4.79 Å². The van der Waals surface area contributed by atoms with E-state index in [0.717, 1.165) is 16.3 Å². The Morgan fingerprint density at radius 1 is 1.12 bits per heavy atom. The average Bonchev–Trinajstić information content (AvgIpc) is 2.56. The van der Waals surface area contributed by atoms with Crippen LogP contribution >= 0.6 is 11.8 Å². The van der Waals surface area contributed by atoms with E-state index in [9.17, 15) is 4.79 Å². The zero-order valence-electron chi connectivity index (χ0n) is 15.6. The fourth-order valence-electron chi connectivity index (χ4n) is 2.38. The lowest BCUT2D eigenvalue weighted by Gasteiger charge is -2.20. The first-order valence-electron chi connectivity index (χ1n) is 8.61. The summed E-state index contributed by atoms with van der Waals surface area (Å²) in [6, 6.07) is 15.8.